The highest BCUT2D eigenvalue weighted by atomic mass is 19.4. The van der Waals surface area contributed by atoms with Gasteiger partial charge in [0, 0.05) is 0 Å². The summed E-state index contributed by atoms with van der Waals surface area (Å²) >= 11 is 0. The topological polar surface area (TPSA) is 37.3 Å². The number of hydrogen-bond acceptors (Lipinski definition) is 2. The summed E-state index contributed by atoms with van der Waals surface area (Å²) in [5.41, 5.74) is -0.0890. The molecule has 0 atom stereocenters. The third-order valence-corrected chi connectivity index (χ3v) is 3.10. The van der Waals surface area contributed by atoms with Gasteiger partial charge < -0.3 is 5.11 Å². The molecule has 22 heavy (non-hydrogen) atoms. The van der Waals surface area contributed by atoms with Crippen molar-refractivity contribution >= 4 is 11.9 Å². The fourth-order valence-electron chi connectivity index (χ4n) is 2.01. The number of hydrogen-bond donors (Lipinski definition) is 1. The molecule has 2 aromatic rings. The third-order valence-electron chi connectivity index (χ3n) is 3.10. The molecule has 0 heterocycles. The number of alkyl halides is 3. The zero-order chi connectivity index (χ0) is 16.3. The fourth-order valence-corrected chi connectivity index (χ4v) is 2.01. The van der Waals surface area contributed by atoms with Crippen molar-refractivity contribution in [2.24, 2.45) is 0 Å². The Morgan fingerprint density at radius 3 is 2.45 bits per heavy atom. The largest absolute Gasteiger partial charge is 0.507 e. The second-order valence-corrected chi connectivity index (χ2v) is 4.80. The van der Waals surface area contributed by atoms with Crippen LogP contribution in [0.3, 0.4) is 0 Å². The summed E-state index contributed by atoms with van der Waals surface area (Å²) in [4.78, 5) is 12.0. The monoisotopic (exact) mass is 306 g/mol. The van der Waals surface area contributed by atoms with Crippen molar-refractivity contribution in [1.29, 1.82) is 0 Å². The van der Waals surface area contributed by atoms with E-state index in [1.165, 1.54) is 30.3 Å². The van der Waals surface area contributed by atoms with Gasteiger partial charge in [-0.15, -0.1) is 0 Å². The van der Waals surface area contributed by atoms with Crippen LogP contribution in [0.4, 0.5) is 13.2 Å². The quantitative estimate of drug-likeness (QED) is 0.664. The van der Waals surface area contributed by atoms with Gasteiger partial charge >= 0.3 is 6.18 Å². The van der Waals surface area contributed by atoms with Gasteiger partial charge in [-0.05, 0) is 42.3 Å². The zero-order valence-electron chi connectivity index (χ0n) is 11.7. The Morgan fingerprint density at radius 1 is 1.14 bits per heavy atom. The van der Waals surface area contributed by atoms with Crippen molar-refractivity contribution in [3.8, 4) is 5.75 Å². The molecule has 0 aliphatic carbocycles. The number of aromatic hydroxyl groups is 1. The number of benzene rings is 2. The van der Waals surface area contributed by atoms with Crippen LogP contribution in [0.15, 0.2) is 48.5 Å². The summed E-state index contributed by atoms with van der Waals surface area (Å²) < 4.78 is 38.5. The minimum atomic E-state index is -4.49. The molecule has 0 saturated heterocycles. The molecule has 0 aliphatic heterocycles. The summed E-state index contributed by atoms with van der Waals surface area (Å²) in [5, 5.41) is 9.71. The van der Waals surface area contributed by atoms with Gasteiger partial charge in [-0.3, -0.25) is 4.79 Å². The first-order valence-corrected chi connectivity index (χ1v) is 6.47. The van der Waals surface area contributed by atoms with Gasteiger partial charge in [0.15, 0.2) is 5.78 Å². The molecular weight excluding hydrogens is 293 g/mol. The van der Waals surface area contributed by atoms with Crippen LogP contribution in [0.1, 0.15) is 27.0 Å². The maximum absolute atomic E-state index is 12.8. The van der Waals surface area contributed by atoms with Gasteiger partial charge in [0.25, 0.3) is 0 Å². The predicted molar refractivity (Wildman–Crippen MR) is 77.7 cm³/mol. The Bertz CT molecular complexity index is 731. The lowest BCUT2D eigenvalue weighted by Crippen LogP contribution is -2.07. The molecule has 0 amide bonds. The Labute approximate surface area is 125 Å². The van der Waals surface area contributed by atoms with Crippen LogP contribution in [-0.2, 0) is 6.18 Å². The van der Waals surface area contributed by atoms with Crippen LogP contribution in [0.2, 0.25) is 0 Å². The fraction of sp³-hybridized carbons (Fsp3) is 0.118. The van der Waals surface area contributed by atoms with Gasteiger partial charge in [0.05, 0.1) is 11.1 Å². The Morgan fingerprint density at radius 2 is 1.82 bits per heavy atom. The van der Waals surface area contributed by atoms with Crippen LogP contribution in [0, 0.1) is 6.92 Å². The minimum Gasteiger partial charge on any atom is -0.507 e. The van der Waals surface area contributed by atoms with E-state index in [9.17, 15) is 23.1 Å². The van der Waals surface area contributed by atoms with E-state index in [0.29, 0.717) is 0 Å². The number of carbonyl (C=O) groups is 1. The molecule has 0 spiro atoms. The molecule has 2 rings (SSSR count). The number of aryl methyl sites for hydroxylation is 1. The highest BCUT2D eigenvalue weighted by molar-refractivity contribution is 6.08. The third kappa shape index (κ3) is 3.55. The maximum atomic E-state index is 12.8. The maximum Gasteiger partial charge on any atom is 0.416 e. The summed E-state index contributed by atoms with van der Waals surface area (Å²) in [6, 6.07) is 9.48. The van der Waals surface area contributed by atoms with Gasteiger partial charge in [-0.2, -0.15) is 13.2 Å². The second kappa shape index (κ2) is 6.05. The van der Waals surface area contributed by atoms with Crippen LogP contribution >= 0.6 is 0 Å². The smallest absolute Gasteiger partial charge is 0.416 e. The van der Waals surface area contributed by atoms with Gasteiger partial charge in [-0.25, -0.2) is 0 Å². The summed E-state index contributed by atoms with van der Waals surface area (Å²) in [6.07, 6.45) is -2.37. The molecule has 1 N–H and O–H groups in total. The molecule has 2 aromatic carbocycles. The van der Waals surface area contributed by atoms with E-state index in [1.807, 2.05) is 0 Å². The predicted octanol–water partition coefficient (Wildman–Crippen LogP) is 4.62. The van der Waals surface area contributed by atoms with Crippen LogP contribution in [0.5, 0.6) is 5.75 Å². The van der Waals surface area contributed by atoms with E-state index in [4.69, 9.17) is 0 Å². The van der Waals surface area contributed by atoms with E-state index in [-0.39, 0.29) is 16.9 Å². The number of ketones is 1. The van der Waals surface area contributed by atoms with Crippen molar-refractivity contribution in [2.45, 2.75) is 13.1 Å². The van der Waals surface area contributed by atoms with Gasteiger partial charge in [0.1, 0.15) is 5.75 Å². The summed E-state index contributed by atoms with van der Waals surface area (Å²) in [7, 11) is 0. The molecule has 0 aromatic heterocycles. The minimum absolute atomic E-state index is 0.0475. The van der Waals surface area contributed by atoms with Crippen molar-refractivity contribution < 1.29 is 23.1 Å². The molecule has 0 bridgehead atoms. The summed E-state index contributed by atoms with van der Waals surface area (Å²) in [6.45, 7) is 1.75. The molecule has 0 fully saturated rings. The number of rotatable bonds is 3. The lowest BCUT2D eigenvalue weighted by molar-refractivity contribution is -0.137. The van der Waals surface area contributed by atoms with Crippen molar-refractivity contribution in [1.82, 2.24) is 0 Å². The highest BCUT2D eigenvalue weighted by Gasteiger charge is 2.32. The number of allylic oxidation sites excluding steroid dienone is 1. The average Bonchev–Trinajstić information content (AvgIpc) is 2.44. The normalized spacial score (nSPS) is 11.8. The Hall–Kier alpha value is -2.56. The first-order chi connectivity index (χ1) is 10.3. The molecule has 114 valence electrons. The second-order valence-electron chi connectivity index (χ2n) is 4.80. The van der Waals surface area contributed by atoms with Gasteiger partial charge in [0.2, 0.25) is 0 Å². The number of carbonyl (C=O) groups excluding carboxylic acids is 1. The van der Waals surface area contributed by atoms with E-state index < -0.39 is 17.5 Å². The summed E-state index contributed by atoms with van der Waals surface area (Å²) in [5.74, 6) is -0.756. The van der Waals surface area contributed by atoms with Gasteiger partial charge in [-0.1, -0.05) is 30.3 Å². The number of phenolic OH excluding ortho intramolecular Hbond substituents is 1. The lowest BCUT2D eigenvalue weighted by Gasteiger charge is -2.09. The molecule has 0 unspecified atom stereocenters. The molecule has 0 radical (unpaired) electrons. The first kappa shape index (κ1) is 15.8. The molecule has 0 saturated carbocycles. The van der Waals surface area contributed by atoms with Crippen molar-refractivity contribution in [2.75, 3.05) is 0 Å². The SMILES string of the molecule is Cc1ccc(C(=O)/C=C/c2ccccc2C(F)(F)F)c(O)c1. The van der Waals surface area contributed by atoms with E-state index in [2.05, 4.69) is 0 Å². The lowest BCUT2D eigenvalue weighted by atomic mass is 10.0. The van der Waals surface area contributed by atoms with E-state index in [0.717, 1.165) is 23.8 Å². The molecule has 2 nitrogen and oxygen atoms in total. The van der Waals surface area contributed by atoms with Crippen LogP contribution in [-0.4, -0.2) is 10.9 Å². The Kier molecular flexibility index (Phi) is 4.35. The first-order valence-electron chi connectivity index (χ1n) is 6.47. The van der Waals surface area contributed by atoms with Crippen molar-refractivity contribution in [3.63, 3.8) is 0 Å². The standard InChI is InChI=1S/C17H13F3O2/c1-11-6-8-13(16(22)10-11)15(21)9-7-12-4-2-3-5-14(12)17(18,19)20/h2-10,22H,1H3/b9-7+. The van der Waals surface area contributed by atoms with Crippen LogP contribution < -0.4 is 0 Å². The number of phenols is 1. The molecular formula is C17H13F3O2. The van der Waals surface area contributed by atoms with E-state index >= 15 is 0 Å². The van der Waals surface area contributed by atoms with Crippen molar-refractivity contribution in [3.05, 3.63) is 70.8 Å². The number of halogens is 3. The zero-order valence-corrected chi connectivity index (χ0v) is 11.7. The highest BCUT2D eigenvalue weighted by Crippen LogP contribution is 2.32. The Balaban J connectivity index is 2.31. The molecule has 0 aliphatic rings. The molecule has 5 heteroatoms. The van der Waals surface area contributed by atoms with E-state index in [1.54, 1.807) is 13.0 Å². The average molecular weight is 306 g/mol. The van der Waals surface area contributed by atoms with Crippen LogP contribution in [0.25, 0.3) is 6.08 Å².